The smallest absolute Gasteiger partial charge is 0.325 e. The number of carbonyl (C=O) groups is 1. The Hall–Kier alpha value is -0.650. The molecule has 0 aromatic heterocycles. The van der Waals surface area contributed by atoms with Gasteiger partial charge in [-0.3, -0.25) is 9.69 Å². The molecule has 0 radical (unpaired) electrons. The number of hydrogen-bond donors (Lipinski definition) is 2. The standard InChI is InChI=1S/C13H24N2O3/c1-3-14-13(12(16)17,10-4-5-10)9-15-7-6-11(8-15)18-2/h10-11,14H,3-9H2,1-2H3,(H,16,17). The molecule has 0 bridgehead atoms. The van der Waals surface area contributed by atoms with Gasteiger partial charge in [0.25, 0.3) is 0 Å². The van der Waals surface area contributed by atoms with Crippen molar-refractivity contribution in [3.63, 3.8) is 0 Å². The second-order valence-electron chi connectivity index (χ2n) is 5.46. The van der Waals surface area contributed by atoms with Crippen LogP contribution in [0.2, 0.25) is 0 Å². The fourth-order valence-corrected chi connectivity index (χ4v) is 3.02. The Morgan fingerprint density at radius 1 is 1.50 bits per heavy atom. The van der Waals surface area contributed by atoms with Crippen LogP contribution in [0.1, 0.15) is 26.2 Å². The van der Waals surface area contributed by atoms with Gasteiger partial charge in [-0.15, -0.1) is 0 Å². The fourth-order valence-electron chi connectivity index (χ4n) is 3.02. The van der Waals surface area contributed by atoms with Crippen LogP contribution in [0, 0.1) is 5.92 Å². The molecule has 5 heteroatoms. The average molecular weight is 256 g/mol. The van der Waals surface area contributed by atoms with E-state index in [1.807, 2.05) is 6.92 Å². The zero-order valence-corrected chi connectivity index (χ0v) is 11.3. The summed E-state index contributed by atoms with van der Waals surface area (Å²) in [5.74, 6) is -0.413. The Balaban J connectivity index is 2.03. The normalized spacial score (nSPS) is 28.2. The number of nitrogens with one attached hydrogen (secondary N) is 1. The summed E-state index contributed by atoms with van der Waals surface area (Å²) in [4.78, 5) is 13.9. The molecule has 2 N–H and O–H groups in total. The van der Waals surface area contributed by atoms with Crippen molar-refractivity contribution < 1.29 is 14.6 Å². The van der Waals surface area contributed by atoms with E-state index >= 15 is 0 Å². The highest BCUT2D eigenvalue weighted by molar-refractivity contribution is 5.80. The van der Waals surface area contributed by atoms with E-state index in [-0.39, 0.29) is 12.0 Å². The van der Waals surface area contributed by atoms with Crippen LogP contribution in [0.3, 0.4) is 0 Å². The topological polar surface area (TPSA) is 61.8 Å². The summed E-state index contributed by atoms with van der Waals surface area (Å²) < 4.78 is 5.34. The number of carboxylic acids is 1. The van der Waals surface area contributed by atoms with Crippen molar-refractivity contribution in [1.82, 2.24) is 10.2 Å². The molecule has 0 spiro atoms. The lowest BCUT2D eigenvalue weighted by Gasteiger charge is -2.34. The monoisotopic (exact) mass is 256 g/mol. The first-order chi connectivity index (χ1) is 8.62. The maximum Gasteiger partial charge on any atom is 0.325 e. The summed E-state index contributed by atoms with van der Waals surface area (Å²) >= 11 is 0. The van der Waals surface area contributed by atoms with Crippen LogP contribution in [-0.4, -0.2) is 60.9 Å². The Kier molecular flexibility index (Phi) is 4.25. The molecule has 2 aliphatic rings. The number of ether oxygens (including phenoxy) is 1. The van der Waals surface area contributed by atoms with Crippen molar-refractivity contribution in [1.29, 1.82) is 0 Å². The summed E-state index contributed by atoms with van der Waals surface area (Å²) in [5, 5.41) is 12.9. The third-order valence-electron chi connectivity index (χ3n) is 4.18. The van der Waals surface area contributed by atoms with Crippen molar-refractivity contribution >= 4 is 5.97 Å². The third-order valence-corrected chi connectivity index (χ3v) is 4.18. The predicted octanol–water partition coefficient (Wildman–Crippen LogP) is 0.550. The van der Waals surface area contributed by atoms with Crippen LogP contribution in [0.15, 0.2) is 0 Å². The van der Waals surface area contributed by atoms with Gasteiger partial charge in [-0.2, -0.15) is 0 Å². The van der Waals surface area contributed by atoms with E-state index in [1.54, 1.807) is 7.11 Å². The van der Waals surface area contributed by atoms with E-state index in [2.05, 4.69) is 10.2 Å². The zero-order valence-electron chi connectivity index (χ0n) is 11.3. The van der Waals surface area contributed by atoms with E-state index in [4.69, 9.17) is 4.74 Å². The van der Waals surface area contributed by atoms with E-state index in [0.29, 0.717) is 13.1 Å². The Morgan fingerprint density at radius 2 is 2.22 bits per heavy atom. The second-order valence-corrected chi connectivity index (χ2v) is 5.46. The van der Waals surface area contributed by atoms with Crippen molar-refractivity contribution in [2.45, 2.75) is 37.8 Å². The number of nitrogens with zero attached hydrogens (tertiary/aromatic N) is 1. The maximum absolute atomic E-state index is 11.7. The van der Waals surface area contributed by atoms with Gasteiger partial charge in [0.2, 0.25) is 0 Å². The summed E-state index contributed by atoms with van der Waals surface area (Å²) in [6.45, 7) is 5.06. The van der Waals surface area contributed by atoms with Gasteiger partial charge >= 0.3 is 5.97 Å². The van der Waals surface area contributed by atoms with Crippen LogP contribution in [-0.2, 0) is 9.53 Å². The molecule has 18 heavy (non-hydrogen) atoms. The molecule has 2 rings (SSSR count). The van der Waals surface area contributed by atoms with Crippen molar-refractivity contribution in [2.75, 3.05) is 33.3 Å². The molecule has 1 saturated carbocycles. The van der Waals surface area contributed by atoms with Crippen LogP contribution < -0.4 is 5.32 Å². The molecule has 1 aliphatic carbocycles. The number of methoxy groups -OCH3 is 1. The van der Waals surface area contributed by atoms with Gasteiger partial charge in [0.1, 0.15) is 5.54 Å². The largest absolute Gasteiger partial charge is 0.480 e. The molecule has 2 fully saturated rings. The summed E-state index contributed by atoms with van der Waals surface area (Å²) in [6.07, 6.45) is 3.32. The Morgan fingerprint density at radius 3 is 2.67 bits per heavy atom. The molecular formula is C13H24N2O3. The number of rotatable bonds is 7. The van der Waals surface area contributed by atoms with Gasteiger partial charge in [-0.05, 0) is 31.7 Å². The molecule has 1 aliphatic heterocycles. The van der Waals surface area contributed by atoms with Gasteiger partial charge in [0, 0.05) is 26.7 Å². The molecule has 104 valence electrons. The lowest BCUT2D eigenvalue weighted by molar-refractivity contribution is -0.147. The predicted molar refractivity (Wildman–Crippen MR) is 68.6 cm³/mol. The van der Waals surface area contributed by atoms with Gasteiger partial charge in [0.15, 0.2) is 0 Å². The molecule has 0 aromatic rings. The van der Waals surface area contributed by atoms with Crippen LogP contribution in [0.4, 0.5) is 0 Å². The molecule has 2 unspecified atom stereocenters. The van der Waals surface area contributed by atoms with E-state index in [0.717, 1.165) is 32.4 Å². The first-order valence-electron chi connectivity index (χ1n) is 6.86. The van der Waals surface area contributed by atoms with Crippen LogP contribution >= 0.6 is 0 Å². The summed E-state index contributed by atoms with van der Waals surface area (Å²) in [6, 6.07) is 0. The SMILES string of the molecule is CCNC(CN1CCC(OC)C1)(C(=O)O)C1CC1. The second kappa shape index (κ2) is 5.55. The number of carboxylic acid groups (broad SMARTS) is 1. The third kappa shape index (κ3) is 2.68. The zero-order chi connectivity index (χ0) is 13.2. The van der Waals surface area contributed by atoms with E-state index in [9.17, 15) is 9.90 Å². The molecule has 1 saturated heterocycles. The molecule has 0 amide bonds. The minimum absolute atomic E-state index is 0.261. The van der Waals surface area contributed by atoms with Crippen LogP contribution in [0.5, 0.6) is 0 Å². The molecule has 0 aromatic carbocycles. The lowest BCUT2D eigenvalue weighted by Crippen LogP contribution is -2.60. The van der Waals surface area contributed by atoms with Crippen LogP contribution in [0.25, 0.3) is 0 Å². The quantitative estimate of drug-likeness (QED) is 0.696. The lowest BCUT2D eigenvalue weighted by atomic mass is 9.92. The highest BCUT2D eigenvalue weighted by Crippen LogP contribution is 2.40. The molecule has 5 nitrogen and oxygen atoms in total. The Labute approximate surface area is 108 Å². The highest BCUT2D eigenvalue weighted by atomic mass is 16.5. The minimum Gasteiger partial charge on any atom is -0.480 e. The van der Waals surface area contributed by atoms with Crippen molar-refractivity contribution in [3.8, 4) is 0 Å². The van der Waals surface area contributed by atoms with E-state index < -0.39 is 11.5 Å². The van der Waals surface area contributed by atoms with Crippen molar-refractivity contribution in [2.24, 2.45) is 5.92 Å². The summed E-state index contributed by atoms with van der Waals surface area (Å²) in [7, 11) is 1.73. The molecular weight excluding hydrogens is 232 g/mol. The first kappa shape index (κ1) is 13.8. The highest BCUT2D eigenvalue weighted by Gasteiger charge is 2.52. The van der Waals surface area contributed by atoms with Gasteiger partial charge < -0.3 is 15.2 Å². The van der Waals surface area contributed by atoms with Gasteiger partial charge in [0.05, 0.1) is 6.10 Å². The number of aliphatic carboxylic acids is 1. The fraction of sp³-hybridized carbons (Fsp3) is 0.923. The summed E-state index contributed by atoms with van der Waals surface area (Å²) in [5.41, 5.74) is -0.753. The van der Waals surface area contributed by atoms with E-state index in [1.165, 1.54) is 0 Å². The molecule has 2 atom stereocenters. The number of likely N-dealkylation sites (tertiary alicyclic amines) is 1. The maximum atomic E-state index is 11.7. The Bertz CT molecular complexity index is 307. The molecule has 1 heterocycles. The minimum atomic E-state index is -0.753. The average Bonchev–Trinajstić information content (AvgIpc) is 3.10. The number of hydrogen-bond acceptors (Lipinski definition) is 4. The first-order valence-corrected chi connectivity index (χ1v) is 6.86. The number of likely N-dealkylation sites (N-methyl/N-ethyl adjacent to an activating group) is 1. The van der Waals surface area contributed by atoms with Gasteiger partial charge in [-0.25, -0.2) is 0 Å². The van der Waals surface area contributed by atoms with Gasteiger partial charge in [-0.1, -0.05) is 6.92 Å². The van der Waals surface area contributed by atoms with Crippen molar-refractivity contribution in [3.05, 3.63) is 0 Å².